The minimum atomic E-state index is -0.0352. The summed E-state index contributed by atoms with van der Waals surface area (Å²) in [6.45, 7) is 0. The van der Waals surface area contributed by atoms with Crippen molar-refractivity contribution in [3.63, 3.8) is 0 Å². The van der Waals surface area contributed by atoms with E-state index in [4.69, 9.17) is 10.5 Å². The predicted octanol–water partition coefficient (Wildman–Crippen LogP) is 2.27. The van der Waals surface area contributed by atoms with Crippen LogP contribution in [0.5, 0.6) is 5.75 Å². The van der Waals surface area contributed by atoms with E-state index in [1.165, 1.54) is 5.56 Å². The van der Waals surface area contributed by atoms with E-state index in [2.05, 4.69) is 11.1 Å². The molecule has 5 heteroatoms. The molecule has 0 fully saturated rings. The summed E-state index contributed by atoms with van der Waals surface area (Å²) in [6.07, 6.45) is 5.75. The zero-order chi connectivity index (χ0) is 13.5. The monoisotopic (exact) mass is 285 g/mol. The van der Waals surface area contributed by atoms with E-state index < -0.39 is 0 Å². The van der Waals surface area contributed by atoms with Crippen LogP contribution in [-0.2, 0) is 12.8 Å². The fraction of sp³-hybridized carbons (Fsp3) is 0.267. The number of hydrogen-bond donors (Lipinski definition) is 1. The van der Waals surface area contributed by atoms with Crippen LogP contribution in [-0.4, -0.2) is 21.5 Å². The quantitative estimate of drug-likeness (QED) is 0.803. The third-order valence-electron chi connectivity index (χ3n) is 3.74. The van der Waals surface area contributed by atoms with Crippen LogP contribution in [0.3, 0.4) is 0 Å². The van der Waals surface area contributed by atoms with Gasteiger partial charge in [0.2, 0.25) is 0 Å². The van der Waals surface area contributed by atoms with E-state index in [-0.39, 0.29) is 12.1 Å². The molecular weight excluding hydrogens is 270 g/mol. The van der Waals surface area contributed by atoms with E-state index in [1.807, 2.05) is 40.4 Å². The van der Waals surface area contributed by atoms with E-state index >= 15 is 0 Å². The molecule has 1 aliphatic rings. The number of benzene rings is 1. The molecule has 102 valence electrons. The van der Waals surface area contributed by atoms with Gasteiger partial charge in [-0.25, -0.2) is 4.98 Å². The molecule has 0 amide bonds. The molecule has 4 rings (SSSR count). The van der Waals surface area contributed by atoms with Gasteiger partial charge in [-0.1, -0.05) is 18.2 Å². The smallest absolute Gasteiger partial charge is 0.193 e. The van der Waals surface area contributed by atoms with Crippen LogP contribution in [0.25, 0.3) is 4.96 Å². The highest BCUT2D eigenvalue weighted by Crippen LogP contribution is 2.29. The lowest BCUT2D eigenvalue weighted by Crippen LogP contribution is -2.39. The van der Waals surface area contributed by atoms with Crippen molar-refractivity contribution in [2.75, 3.05) is 0 Å². The van der Waals surface area contributed by atoms with Crippen LogP contribution >= 0.6 is 11.3 Å². The van der Waals surface area contributed by atoms with Crippen molar-refractivity contribution < 1.29 is 4.74 Å². The lowest BCUT2D eigenvalue weighted by atomic mass is 10.0. The second kappa shape index (κ2) is 4.61. The molecule has 0 spiro atoms. The fourth-order valence-corrected chi connectivity index (χ4v) is 3.41. The molecule has 1 aliphatic heterocycles. The number of para-hydroxylation sites is 1. The van der Waals surface area contributed by atoms with Crippen LogP contribution < -0.4 is 10.5 Å². The largest absolute Gasteiger partial charge is 0.488 e. The SMILES string of the molecule is NC(Cc1cn2ccsc2n1)C1Cc2ccccc2O1. The normalized spacial score (nSPS) is 18.9. The first kappa shape index (κ1) is 11.9. The van der Waals surface area contributed by atoms with Crippen LogP contribution in [0.2, 0.25) is 0 Å². The van der Waals surface area contributed by atoms with Gasteiger partial charge in [0.25, 0.3) is 0 Å². The number of nitrogens with two attached hydrogens (primary N) is 1. The summed E-state index contributed by atoms with van der Waals surface area (Å²) in [6, 6.07) is 8.12. The number of ether oxygens (including phenoxy) is 1. The Balaban J connectivity index is 1.49. The van der Waals surface area contributed by atoms with Crippen LogP contribution in [0.15, 0.2) is 42.0 Å². The first-order chi connectivity index (χ1) is 9.79. The first-order valence-corrected chi connectivity index (χ1v) is 7.59. The zero-order valence-electron chi connectivity index (χ0n) is 10.9. The van der Waals surface area contributed by atoms with Gasteiger partial charge in [0.05, 0.1) is 5.69 Å². The lowest BCUT2D eigenvalue weighted by Gasteiger charge is -2.18. The highest BCUT2D eigenvalue weighted by Gasteiger charge is 2.28. The Morgan fingerprint density at radius 1 is 1.45 bits per heavy atom. The highest BCUT2D eigenvalue weighted by molar-refractivity contribution is 7.15. The fourth-order valence-electron chi connectivity index (χ4n) is 2.70. The molecule has 0 saturated carbocycles. The van der Waals surface area contributed by atoms with E-state index in [9.17, 15) is 0 Å². The molecule has 2 unspecified atom stereocenters. The van der Waals surface area contributed by atoms with Crippen LogP contribution in [0.1, 0.15) is 11.3 Å². The molecule has 2 aromatic heterocycles. The Morgan fingerprint density at radius 2 is 2.35 bits per heavy atom. The summed E-state index contributed by atoms with van der Waals surface area (Å²) in [5.41, 5.74) is 8.59. The Labute approximate surface area is 120 Å². The summed E-state index contributed by atoms with van der Waals surface area (Å²) < 4.78 is 7.98. The number of imidazole rings is 1. The molecule has 2 atom stereocenters. The average Bonchev–Trinajstić information content (AvgIpc) is 3.10. The minimum Gasteiger partial charge on any atom is -0.488 e. The Kier molecular flexibility index (Phi) is 2.75. The standard InChI is InChI=1S/C15H15N3OS/c16-12(8-11-9-18-5-6-20-15(18)17-11)14-7-10-3-1-2-4-13(10)19-14/h1-6,9,12,14H,7-8,16H2. The number of nitrogens with zero attached hydrogens (tertiary/aromatic N) is 2. The van der Waals surface area contributed by atoms with E-state index in [0.717, 1.165) is 29.2 Å². The number of fused-ring (bicyclic) bond motifs is 2. The highest BCUT2D eigenvalue weighted by atomic mass is 32.1. The number of hydrogen-bond acceptors (Lipinski definition) is 4. The topological polar surface area (TPSA) is 52.5 Å². The van der Waals surface area contributed by atoms with Gasteiger partial charge in [0.15, 0.2) is 4.96 Å². The summed E-state index contributed by atoms with van der Waals surface area (Å²) in [4.78, 5) is 5.60. The summed E-state index contributed by atoms with van der Waals surface area (Å²) in [7, 11) is 0. The molecule has 0 bridgehead atoms. The van der Waals surface area contributed by atoms with Crippen molar-refractivity contribution in [1.29, 1.82) is 0 Å². The van der Waals surface area contributed by atoms with Crippen LogP contribution in [0.4, 0.5) is 0 Å². The van der Waals surface area contributed by atoms with Gasteiger partial charge in [-0.2, -0.15) is 0 Å². The molecule has 2 N–H and O–H groups in total. The van der Waals surface area contributed by atoms with Gasteiger partial charge in [-0.05, 0) is 11.6 Å². The van der Waals surface area contributed by atoms with Crippen LogP contribution in [0, 0.1) is 0 Å². The van der Waals surface area contributed by atoms with Crippen molar-refractivity contribution in [1.82, 2.24) is 9.38 Å². The number of rotatable bonds is 3. The van der Waals surface area contributed by atoms with Crippen molar-refractivity contribution >= 4 is 16.3 Å². The Morgan fingerprint density at radius 3 is 3.20 bits per heavy atom. The van der Waals surface area contributed by atoms with Crippen molar-refractivity contribution in [3.05, 3.63) is 53.3 Å². The molecule has 0 saturated heterocycles. The maximum Gasteiger partial charge on any atom is 0.193 e. The van der Waals surface area contributed by atoms with Crippen molar-refractivity contribution in [2.45, 2.75) is 25.0 Å². The minimum absolute atomic E-state index is 0.0352. The van der Waals surface area contributed by atoms with Gasteiger partial charge in [0, 0.05) is 36.7 Å². The molecular formula is C15H15N3OS. The summed E-state index contributed by atoms with van der Waals surface area (Å²) in [5.74, 6) is 0.971. The molecule has 4 nitrogen and oxygen atoms in total. The first-order valence-electron chi connectivity index (χ1n) is 6.71. The maximum absolute atomic E-state index is 6.31. The summed E-state index contributed by atoms with van der Waals surface area (Å²) in [5, 5.41) is 2.03. The molecule has 0 aliphatic carbocycles. The van der Waals surface area contributed by atoms with E-state index in [1.54, 1.807) is 11.3 Å². The predicted molar refractivity (Wildman–Crippen MR) is 79.3 cm³/mol. The zero-order valence-corrected chi connectivity index (χ0v) is 11.7. The molecule has 20 heavy (non-hydrogen) atoms. The Hall–Kier alpha value is -1.85. The lowest BCUT2D eigenvalue weighted by molar-refractivity contribution is 0.197. The second-order valence-corrected chi connectivity index (χ2v) is 6.03. The van der Waals surface area contributed by atoms with Crippen molar-refractivity contribution in [2.24, 2.45) is 5.73 Å². The summed E-state index contributed by atoms with van der Waals surface area (Å²) >= 11 is 1.64. The average molecular weight is 285 g/mol. The maximum atomic E-state index is 6.31. The van der Waals surface area contributed by atoms with Gasteiger partial charge < -0.3 is 10.5 Å². The third kappa shape index (κ3) is 1.99. The number of aromatic nitrogens is 2. The Bertz CT molecular complexity index is 695. The van der Waals surface area contributed by atoms with Gasteiger partial charge in [-0.15, -0.1) is 11.3 Å². The number of thiazole rings is 1. The third-order valence-corrected chi connectivity index (χ3v) is 4.51. The van der Waals surface area contributed by atoms with Gasteiger partial charge >= 0.3 is 0 Å². The van der Waals surface area contributed by atoms with E-state index in [0.29, 0.717) is 0 Å². The molecule has 1 aromatic carbocycles. The molecule has 3 aromatic rings. The molecule has 3 heterocycles. The molecule has 0 radical (unpaired) electrons. The van der Waals surface area contributed by atoms with Crippen molar-refractivity contribution in [3.8, 4) is 5.75 Å². The van der Waals surface area contributed by atoms with Gasteiger partial charge in [-0.3, -0.25) is 4.40 Å². The van der Waals surface area contributed by atoms with Gasteiger partial charge in [0.1, 0.15) is 11.9 Å². The second-order valence-electron chi connectivity index (χ2n) is 5.16.